The van der Waals surface area contributed by atoms with Gasteiger partial charge in [0, 0.05) is 48.3 Å². The average molecular weight is 563 g/mol. The van der Waals surface area contributed by atoms with Gasteiger partial charge in [-0.25, -0.2) is 0 Å². The van der Waals surface area contributed by atoms with Crippen molar-refractivity contribution in [3.63, 3.8) is 0 Å². The van der Waals surface area contributed by atoms with Gasteiger partial charge in [0.25, 0.3) is 17.5 Å². The first-order valence-electron chi connectivity index (χ1n) is 12.4. The number of ether oxygens (including phenoxy) is 1. The number of carbonyl (C=O) groups is 3. The Balaban J connectivity index is 1.28. The second-order valence-electron chi connectivity index (χ2n) is 9.29. The van der Waals surface area contributed by atoms with E-state index in [1.807, 2.05) is 0 Å². The van der Waals surface area contributed by atoms with E-state index in [2.05, 4.69) is 10.6 Å². The number of carbonyl (C=O) groups excluding carboxylic acids is 3. The lowest BCUT2D eigenvalue weighted by Gasteiger charge is -2.42. The lowest BCUT2D eigenvalue weighted by Crippen LogP contribution is -2.63. The Kier molecular flexibility index (Phi) is 9.15. The maximum atomic E-state index is 13.1. The van der Waals surface area contributed by atoms with Gasteiger partial charge in [0.05, 0.1) is 23.0 Å². The molecule has 0 aromatic heterocycles. The fourth-order valence-electron chi connectivity index (χ4n) is 4.84. The third-order valence-corrected chi connectivity index (χ3v) is 7.89. The van der Waals surface area contributed by atoms with Gasteiger partial charge in [-0.3, -0.25) is 29.4 Å². The summed E-state index contributed by atoms with van der Waals surface area (Å²) in [5.74, 6) is -0.865. The molecule has 3 amide bonds. The van der Waals surface area contributed by atoms with E-state index in [9.17, 15) is 39.8 Å². The van der Waals surface area contributed by atoms with Crippen molar-refractivity contribution in [1.29, 1.82) is 0 Å². The number of non-ortho nitro benzene ring substituents is 1. The second-order valence-corrected chi connectivity index (χ2v) is 10.5. The molecule has 14 heteroatoms. The summed E-state index contributed by atoms with van der Waals surface area (Å²) in [5, 5.41) is 47.6. The van der Waals surface area contributed by atoms with Gasteiger partial charge >= 0.3 is 0 Å². The Bertz CT molecular complexity index is 1250. The minimum Gasteiger partial charge on any atom is -0.394 e. The smallest absolute Gasteiger partial charge is 0.277 e. The van der Waals surface area contributed by atoms with E-state index < -0.39 is 53.1 Å². The standard InChI is InChI=1S/C25H30N4O9S/c1-13(31)27-20-22(33)21(32)18(12-30)38-25(20)39-11-9-26-8-3-10-28-23(34)15-5-2-4-14-17(29(36)37)7-6-16(19(14)15)24(28)35/h2,4-7,18,20-22,25-26,30,32-33H,3,8-12H2,1H3,(H,27,31)/t18-,20-,21-,22-,25+/m1/s1. The number of nitro benzene ring substituents is 1. The number of aliphatic hydroxyl groups excluding tert-OH is 3. The maximum Gasteiger partial charge on any atom is 0.277 e. The third-order valence-electron chi connectivity index (χ3n) is 6.71. The van der Waals surface area contributed by atoms with Crippen molar-refractivity contribution in [3.8, 4) is 0 Å². The lowest BCUT2D eigenvalue weighted by molar-refractivity contribution is -0.383. The summed E-state index contributed by atoms with van der Waals surface area (Å²) >= 11 is 1.30. The highest BCUT2D eigenvalue weighted by molar-refractivity contribution is 7.99. The van der Waals surface area contributed by atoms with Gasteiger partial charge in [-0.15, -0.1) is 11.8 Å². The van der Waals surface area contributed by atoms with Crippen LogP contribution in [-0.4, -0.2) is 105 Å². The van der Waals surface area contributed by atoms with Gasteiger partial charge in [-0.2, -0.15) is 0 Å². The molecule has 2 aliphatic heterocycles. The molecule has 210 valence electrons. The van der Waals surface area contributed by atoms with Crippen molar-refractivity contribution >= 4 is 45.9 Å². The number of imide groups is 1. The first-order valence-corrected chi connectivity index (χ1v) is 13.5. The zero-order chi connectivity index (χ0) is 28.3. The highest BCUT2D eigenvalue weighted by Gasteiger charge is 2.44. The SMILES string of the molecule is CC(=O)N[C@@H]1[C@@H](O)[C@H](O)[C@@H](CO)O[C@H]1SCCNCCCN1C(=O)c2cccc3c([N+](=O)[O-])ccc(c23)C1=O. The number of nitro groups is 1. The Hall–Kier alpha value is -3.14. The van der Waals surface area contributed by atoms with Crippen LogP contribution in [0.25, 0.3) is 10.8 Å². The number of benzene rings is 2. The van der Waals surface area contributed by atoms with E-state index in [0.29, 0.717) is 30.6 Å². The Labute approximate surface area is 227 Å². The molecule has 0 bridgehead atoms. The van der Waals surface area contributed by atoms with Gasteiger partial charge in [0.15, 0.2) is 0 Å². The first-order chi connectivity index (χ1) is 18.6. The molecule has 5 atom stereocenters. The molecule has 4 rings (SSSR count). The van der Waals surface area contributed by atoms with Crippen molar-refractivity contribution in [2.45, 2.75) is 43.1 Å². The van der Waals surface area contributed by atoms with E-state index >= 15 is 0 Å². The fraction of sp³-hybridized carbons (Fsp3) is 0.480. The van der Waals surface area contributed by atoms with Gasteiger partial charge < -0.3 is 30.7 Å². The summed E-state index contributed by atoms with van der Waals surface area (Å²) in [4.78, 5) is 49.6. The number of hydrogen-bond donors (Lipinski definition) is 5. The molecule has 0 aliphatic carbocycles. The molecule has 2 aromatic rings. The Morgan fingerprint density at radius 2 is 1.85 bits per heavy atom. The van der Waals surface area contributed by atoms with Crippen LogP contribution < -0.4 is 10.6 Å². The van der Waals surface area contributed by atoms with E-state index in [1.165, 1.54) is 36.9 Å². The van der Waals surface area contributed by atoms with Crippen LogP contribution in [0.2, 0.25) is 0 Å². The Morgan fingerprint density at radius 3 is 2.51 bits per heavy atom. The minimum absolute atomic E-state index is 0.156. The average Bonchev–Trinajstić information content (AvgIpc) is 2.91. The number of nitrogens with one attached hydrogen (secondary N) is 2. The van der Waals surface area contributed by atoms with E-state index in [0.717, 1.165) is 4.90 Å². The third kappa shape index (κ3) is 5.90. The molecule has 0 spiro atoms. The number of hydrogen-bond acceptors (Lipinski definition) is 11. The van der Waals surface area contributed by atoms with Crippen molar-refractivity contribution in [2.75, 3.05) is 32.0 Å². The van der Waals surface area contributed by atoms with E-state index in [-0.39, 0.29) is 34.7 Å². The highest BCUT2D eigenvalue weighted by Crippen LogP contribution is 2.35. The minimum atomic E-state index is -1.34. The number of thioether (sulfide) groups is 1. The van der Waals surface area contributed by atoms with Crippen LogP contribution in [0.5, 0.6) is 0 Å². The predicted molar refractivity (Wildman–Crippen MR) is 141 cm³/mol. The molecule has 0 radical (unpaired) electrons. The molecule has 5 N–H and O–H groups in total. The molecular weight excluding hydrogens is 532 g/mol. The van der Waals surface area contributed by atoms with Crippen molar-refractivity contribution in [1.82, 2.24) is 15.5 Å². The van der Waals surface area contributed by atoms with Crippen LogP contribution in [0.1, 0.15) is 34.1 Å². The Morgan fingerprint density at radius 1 is 1.13 bits per heavy atom. The molecule has 0 unspecified atom stereocenters. The van der Waals surface area contributed by atoms with E-state index in [1.54, 1.807) is 12.1 Å². The summed E-state index contributed by atoms with van der Waals surface area (Å²) < 4.78 is 5.68. The van der Waals surface area contributed by atoms with E-state index in [4.69, 9.17) is 4.74 Å². The second kappa shape index (κ2) is 12.4. The molecule has 39 heavy (non-hydrogen) atoms. The lowest BCUT2D eigenvalue weighted by atomic mass is 9.93. The number of rotatable bonds is 11. The van der Waals surface area contributed by atoms with Crippen LogP contribution in [0, 0.1) is 10.1 Å². The van der Waals surface area contributed by atoms with Crippen LogP contribution in [-0.2, 0) is 9.53 Å². The fourth-order valence-corrected chi connectivity index (χ4v) is 5.99. The normalized spacial score (nSPS) is 24.7. The number of aliphatic hydroxyl groups is 3. The van der Waals surface area contributed by atoms with Gasteiger partial charge in [0.1, 0.15) is 23.7 Å². The molecule has 2 heterocycles. The van der Waals surface area contributed by atoms with Crippen molar-refractivity contribution in [3.05, 3.63) is 51.6 Å². The number of amides is 3. The predicted octanol–water partition coefficient (Wildman–Crippen LogP) is 0.000600. The highest BCUT2D eigenvalue weighted by atomic mass is 32.2. The van der Waals surface area contributed by atoms with Crippen molar-refractivity contribution in [2.24, 2.45) is 0 Å². The maximum absolute atomic E-state index is 13.1. The number of nitrogens with zero attached hydrogens (tertiary/aromatic N) is 2. The molecule has 1 saturated heterocycles. The van der Waals surface area contributed by atoms with Crippen molar-refractivity contribution < 1.29 is 39.4 Å². The zero-order valence-electron chi connectivity index (χ0n) is 21.1. The van der Waals surface area contributed by atoms with Crippen LogP contribution >= 0.6 is 11.8 Å². The summed E-state index contributed by atoms with van der Waals surface area (Å²) in [6.07, 6.45) is -3.15. The largest absolute Gasteiger partial charge is 0.394 e. The molecule has 2 aliphatic rings. The summed E-state index contributed by atoms with van der Waals surface area (Å²) in [7, 11) is 0. The molecule has 0 saturated carbocycles. The summed E-state index contributed by atoms with van der Waals surface area (Å²) in [5.41, 5.74) is -0.338. The zero-order valence-corrected chi connectivity index (χ0v) is 21.9. The topological polar surface area (TPSA) is 192 Å². The van der Waals surface area contributed by atoms with Gasteiger partial charge in [0.2, 0.25) is 5.91 Å². The first kappa shape index (κ1) is 28.9. The molecule has 1 fully saturated rings. The van der Waals surface area contributed by atoms with Gasteiger partial charge in [-0.05, 0) is 31.2 Å². The summed E-state index contributed by atoms with van der Waals surface area (Å²) in [6, 6.07) is 6.47. The monoisotopic (exact) mass is 562 g/mol. The molecule has 13 nitrogen and oxygen atoms in total. The van der Waals surface area contributed by atoms with Gasteiger partial charge in [-0.1, -0.05) is 6.07 Å². The van der Waals surface area contributed by atoms with Crippen LogP contribution in [0.3, 0.4) is 0 Å². The molecule has 2 aromatic carbocycles. The summed E-state index contributed by atoms with van der Waals surface area (Å²) in [6.45, 7) is 1.96. The van der Waals surface area contributed by atoms with Crippen LogP contribution in [0.4, 0.5) is 5.69 Å². The quantitative estimate of drug-likeness (QED) is 0.107. The van der Waals surface area contributed by atoms with Crippen LogP contribution in [0.15, 0.2) is 30.3 Å². The molecular formula is C25H30N4O9S.